The van der Waals surface area contributed by atoms with Crippen LogP contribution in [-0.2, 0) is 11.2 Å². The summed E-state index contributed by atoms with van der Waals surface area (Å²) in [6.45, 7) is 1.91. The van der Waals surface area contributed by atoms with Crippen molar-refractivity contribution in [1.82, 2.24) is 0 Å². The van der Waals surface area contributed by atoms with Gasteiger partial charge in [-0.1, -0.05) is 36.4 Å². The third-order valence-corrected chi connectivity index (χ3v) is 3.54. The Bertz CT molecular complexity index is 894. The molecule has 0 N–H and O–H groups in total. The molecule has 0 aliphatic rings. The van der Waals surface area contributed by atoms with Crippen molar-refractivity contribution in [2.45, 2.75) is 13.3 Å². The van der Waals surface area contributed by atoms with Gasteiger partial charge in [0.25, 0.3) is 0 Å². The lowest BCUT2D eigenvalue weighted by Crippen LogP contribution is -2.16. The molecule has 3 rings (SSSR count). The number of esters is 1. The summed E-state index contributed by atoms with van der Waals surface area (Å²) in [7, 11) is 0. The van der Waals surface area contributed by atoms with Crippen LogP contribution in [0.25, 0.3) is 11.0 Å². The van der Waals surface area contributed by atoms with Gasteiger partial charge in [0.05, 0.1) is 6.61 Å². The summed E-state index contributed by atoms with van der Waals surface area (Å²) < 4.78 is 10.1. The molecule has 0 atom stereocenters. The number of hydrogen-bond donors (Lipinski definition) is 0. The van der Waals surface area contributed by atoms with Crippen LogP contribution >= 0.6 is 0 Å². The fourth-order valence-corrected chi connectivity index (χ4v) is 2.47. The van der Waals surface area contributed by atoms with Crippen LogP contribution in [0, 0.1) is 0 Å². The predicted octanol–water partition coefficient (Wildman–Crippen LogP) is 3.56. The Hall–Kier alpha value is -2.88. The molecule has 3 aromatic rings. The average Bonchev–Trinajstić information content (AvgIpc) is 2.55. The molecule has 1 aromatic heterocycles. The molecular formula is C19H16O4. The highest BCUT2D eigenvalue weighted by Gasteiger charge is 2.14. The minimum atomic E-state index is -0.674. The van der Waals surface area contributed by atoms with Gasteiger partial charge in [-0.2, -0.15) is 0 Å². The molecular weight excluding hydrogens is 292 g/mol. The van der Waals surface area contributed by atoms with E-state index in [1.807, 2.05) is 30.3 Å². The van der Waals surface area contributed by atoms with Gasteiger partial charge in [0, 0.05) is 5.39 Å². The maximum Gasteiger partial charge on any atom is 0.351 e. The smallest absolute Gasteiger partial charge is 0.351 e. The standard InChI is InChI=1S/C19H16O4/c1-2-22-18(20)16-12-15-11-14(8-9-17(15)23-19(16)21)10-13-6-4-3-5-7-13/h3-9,11-12H,2,10H2,1H3. The van der Waals surface area contributed by atoms with Crippen molar-refractivity contribution < 1.29 is 13.9 Å². The third kappa shape index (κ3) is 3.31. The lowest BCUT2D eigenvalue weighted by atomic mass is 10.0. The number of ether oxygens (including phenoxy) is 1. The highest BCUT2D eigenvalue weighted by molar-refractivity contribution is 5.92. The van der Waals surface area contributed by atoms with Gasteiger partial charge in [0.15, 0.2) is 0 Å². The van der Waals surface area contributed by atoms with E-state index in [0.717, 1.165) is 12.0 Å². The van der Waals surface area contributed by atoms with Crippen molar-refractivity contribution in [1.29, 1.82) is 0 Å². The molecule has 1 heterocycles. The van der Waals surface area contributed by atoms with Gasteiger partial charge in [-0.15, -0.1) is 0 Å². The van der Waals surface area contributed by atoms with Crippen molar-refractivity contribution in [3.8, 4) is 0 Å². The fourth-order valence-electron chi connectivity index (χ4n) is 2.47. The molecule has 0 unspecified atom stereocenters. The number of hydrogen-bond acceptors (Lipinski definition) is 4. The molecule has 0 bridgehead atoms. The zero-order chi connectivity index (χ0) is 16.2. The van der Waals surface area contributed by atoms with Crippen LogP contribution in [0.5, 0.6) is 0 Å². The minimum Gasteiger partial charge on any atom is -0.462 e. The molecule has 2 aromatic carbocycles. The Balaban J connectivity index is 1.99. The second kappa shape index (κ2) is 6.48. The SMILES string of the molecule is CCOC(=O)c1cc2cc(Cc3ccccc3)ccc2oc1=O. The lowest BCUT2D eigenvalue weighted by Gasteiger charge is -2.05. The highest BCUT2D eigenvalue weighted by Crippen LogP contribution is 2.18. The summed E-state index contributed by atoms with van der Waals surface area (Å²) in [4.78, 5) is 23.7. The van der Waals surface area contributed by atoms with Crippen molar-refractivity contribution in [3.63, 3.8) is 0 Å². The Morgan fingerprint density at radius 3 is 2.57 bits per heavy atom. The summed E-state index contributed by atoms with van der Waals surface area (Å²) in [5, 5.41) is 0.709. The maximum atomic E-state index is 11.9. The van der Waals surface area contributed by atoms with Crippen LogP contribution in [0.1, 0.15) is 28.4 Å². The quantitative estimate of drug-likeness (QED) is 0.546. The van der Waals surface area contributed by atoms with Crippen molar-refractivity contribution in [3.05, 3.63) is 81.7 Å². The number of carbonyl (C=O) groups excluding carboxylic acids is 1. The third-order valence-electron chi connectivity index (χ3n) is 3.54. The Morgan fingerprint density at radius 1 is 1.04 bits per heavy atom. The van der Waals surface area contributed by atoms with Gasteiger partial charge in [-0.05, 0) is 42.7 Å². The molecule has 4 heteroatoms. The molecule has 23 heavy (non-hydrogen) atoms. The monoisotopic (exact) mass is 308 g/mol. The summed E-state index contributed by atoms with van der Waals surface area (Å²) in [5.41, 5.74) is 1.98. The molecule has 0 radical (unpaired) electrons. The van der Waals surface area contributed by atoms with E-state index in [-0.39, 0.29) is 12.2 Å². The molecule has 0 amide bonds. The van der Waals surface area contributed by atoms with Gasteiger partial charge >= 0.3 is 11.6 Å². The van der Waals surface area contributed by atoms with Gasteiger partial charge in [-0.3, -0.25) is 0 Å². The largest absolute Gasteiger partial charge is 0.462 e. The normalized spacial score (nSPS) is 10.7. The molecule has 0 spiro atoms. The molecule has 4 nitrogen and oxygen atoms in total. The van der Waals surface area contributed by atoms with Gasteiger partial charge in [0.2, 0.25) is 0 Å². The van der Waals surface area contributed by atoms with E-state index < -0.39 is 11.6 Å². The number of fused-ring (bicyclic) bond motifs is 1. The predicted molar refractivity (Wildman–Crippen MR) is 87.7 cm³/mol. The van der Waals surface area contributed by atoms with Crippen molar-refractivity contribution in [2.24, 2.45) is 0 Å². The minimum absolute atomic E-state index is 0.0730. The zero-order valence-electron chi connectivity index (χ0n) is 12.7. The summed E-state index contributed by atoms with van der Waals surface area (Å²) in [6.07, 6.45) is 0.768. The second-order valence-electron chi connectivity index (χ2n) is 5.20. The Labute approximate surface area is 133 Å². The number of carbonyl (C=O) groups is 1. The number of rotatable bonds is 4. The van der Waals surface area contributed by atoms with Crippen LogP contribution in [0.3, 0.4) is 0 Å². The van der Waals surface area contributed by atoms with E-state index in [4.69, 9.17) is 9.15 Å². The Morgan fingerprint density at radius 2 is 1.83 bits per heavy atom. The average molecular weight is 308 g/mol. The van der Waals surface area contributed by atoms with Crippen LogP contribution in [-0.4, -0.2) is 12.6 Å². The van der Waals surface area contributed by atoms with Crippen LogP contribution in [0.2, 0.25) is 0 Å². The molecule has 0 aliphatic heterocycles. The van der Waals surface area contributed by atoms with Crippen molar-refractivity contribution in [2.75, 3.05) is 6.61 Å². The maximum absolute atomic E-state index is 11.9. The van der Waals surface area contributed by atoms with Crippen molar-refractivity contribution >= 4 is 16.9 Å². The van der Waals surface area contributed by atoms with E-state index in [2.05, 4.69) is 12.1 Å². The van der Waals surface area contributed by atoms with E-state index in [0.29, 0.717) is 11.0 Å². The second-order valence-corrected chi connectivity index (χ2v) is 5.20. The van der Waals surface area contributed by atoms with Crippen LogP contribution < -0.4 is 5.63 Å². The van der Waals surface area contributed by atoms with Gasteiger partial charge < -0.3 is 9.15 Å². The zero-order valence-corrected chi connectivity index (χ0v) is 12.7. The summed E-state index contributed by atoms with van der Waals surface area (Å²) in [5.74, 6) is -0.656. The topological polar surface area (TPSA) is 56.5 Å². The first-order chi connectivity index (χ1) is 11.2. The molecule has 116 valence electrons. The first kappa shape index (κ1) is 15.0. The fraction of sp³-hybridized carbons (Fsp3) is 0.158. The number of benzene rings is 2. The summed E-state index contributed by atoms with van der Waals surface area (Å²) in [6, 6.07) is 17.2. The van der Waals surface area contributed by atoms with E-state index in [9.17, 15) is 9.59 Å². The molecule has 0 aliphatic carbocycles. The van der Waals surface area contributed by atoms with Gasteiger partial charge in [-0.25, -0.2) is 9.59 Å². The first-order valence-corrected chi connectivity index (χ1v) is 7.45. The van der Waals surface area contributed by atoms with E-state index in [1.54, 1.807) is 13.0 Å². The van der Waals surface area contributed by atoms with Gasteiger partial charge in [0.1, 0.15) is 11.1 Å². The van der Waals surface area contributed by atoms with Crippen LogP contribution in [0.15, 0.2) is 63.8 Å². The van der Waals surface area contributed by atoms with Crippen LogP contribution in [0.4, 0.5) is 0 Å². The van der Waals surface area contributed by atoms with E-state index in [1.165, 1.54) is 11.6 Å². The Kier molecular flexibility index (Phi) is 4.24. The summed E-state index contributed by atoms with van der Waals surface area (Å²) >= 11 is 0. The molecule has 0 saturated carbocycles. The first-order valence-electron chi connectivity index (χ1n) is 7.45. The molecule has 0 saturated heterocycles. The highest BCUT2D eigenvalue weighted by atomic mass is 16.5. The lowest BCUT2D eigenvalue weighted by molar-refractivity contribution is 0.0522. The molecule has 0 fully saturated rings. The van der Waals surface area contributed by atoms with E-state index >= 15 is 0 Å².